The lowest BCUT2D eigenvalue weighted by Gasteiger charge is -2.16. The van der Waals surface area contributed by atoms with Gasteiger partial charge < -0.3 is 10.2 Å². The number of fused-ring (bicyclic) bond motifs is 1. The lowest BCUT2D eigenvalue weighted by molar-refractivity contribution is -0.129. The molecule has 1 saturated carbocycles. The summed E-state index contributed by atoms with van der Waals surface area (Å²) in [4.78, 5) is 20.0. The number of carbonyl (C=O) groups is 1. The normalized spacial score (nSPS) is 17.9. The summed E-state index contributed by atoms with van der Waals surface area (Å²) in [7, 11) is 1.88. The quantitative estimate of drug-likeness (QED) is 0.872. The van der Waals surface area contributed by atoms with Crippen LogP contribution in [-0.2, 0) is 24.2 Å². The van der Waals surface area contributed by atoms with Crippen LogP contribution < -0.4 is 5.32 Å². The Kier molecular flexibility index (Phi) is 4.36. The summed E-state index contributed by atoms with van der Waals surface area (Å²) in [6.45, 7) is 2.10. The largest absolute Gasteiger partial charge is 0.338 e. The van der Waals surface area contributed by atoms with Crippen molar-refractivity contribution in [1.29, 1.82) is 0 Å². The van der Waals surface area contributed by atoms with E-state index < -0.39 is 0 Å². The summed E-state index contributed by atoms with van der Waals surface area (Å²) < 4.78 is 0. The van der Waals surface area contributed by atoms with Gasteiger partial charge in [-0.1, -0.05) is 0 Å². The van der Waals surface area contributed by atoms with Crippen molar-refractivity contribution >= 4 is 17.2 Å². The van der Waals surface area contributed by atoms with Crippen LogP contribution in [0.1, 0.15) is 41.3 Å². The van der Waals surface area contributed by atoms with E-state index in [2.05, 4.69) is 5.32 Å². The van der Waals surface area contributed by atoms with E-state index in [1.54, 1.807) is 16.2 Å². The highest BCUT2D eigenvalue weighted by Gasteiger charge is 2.21. The molecule has 2 aliphatic carbocycles. The summed E-state index contributed by atoms with van der Waals surface area (Å²) in [5.74, 6) is 0.984. The Bertz CT molecular complexity index is 458. The maximum Gasteiger partial charge on any atom is 0.236 e. The molecule has 0 saturated heterocycles. The van der Waals surface area contributed by atoms with Gasteiger partial charge in [-0.05, 0) is 51.0 Å². The number of carbonyl (C=O) groups excluding carboxylic acids is 1. The summed E-state index contributed by atoms with van der Waals surface area (Å²) in [5, 5.41) is 4.35. The number of nitrogens with one attached hydrogen (secondary N) is 1. The number of aryl methyl sites for hydroxylation is 2. The molecule has 1 amide bonds. The average molecular weight is 293 g/mol. The van der Waals surface area contributed by atoms with Crippen LogP contribution in [0, 0.1) is 5.92 Å². The SMILES string of the molecule is CN(Cc1nc2c(s1)CCCC2)C(=O)CNCC1CC1. The second kappa shape index (κ2) is 6.22. The summed E-state index contributed by atoms with van der Waals surface area (Å²) in [6.07, 6.45) is 7.48. The molecular weight excluding hydrogens is 270 g/mol. The van der Waals surface area contributed by atoms with Crippen LogP contribution in [0.3, 0.4) is 0 Å². The van der Waals surface area contributed by atoms with E-state index in [0.29, 0.717) is 13.1 Å². The molecule has 1 heterocycles. The van der Waals surface area contributed by atoms with Crippen molar-refractivity contribution in [1.82, 2.24) is 15.2 Å². The third-order valence-corrected chi connectivity index (χ3v) is 5.24. The second-order valence-electron chi connectivity index (χ2n) is 6.01. The van der Waals surface area contributed by atoms with Gasteiger partial charge in [0.05, 0.1) is 18.8 Å². The van der Waals surface area contributed by atoms with E-state index in [1.165, 1.54) is 42.7 Å². The molecule has 1 aromatic rings. The molecule has 4 nitrogen and oxygen atoms in total. The lowest BCUT2D eigenvalue weighted by atomic mass is 10.0. The van der Waals surface area contributed by atoms with Gasteiger partial charge in [-0.3, -0.25) is 4.79 Å². The zero-order valence-corrected chi connectivity index (χ0v) is 13.0. The Balaban J connectivity index is 1.48. The molecular formula is C15H23N3OS. The van der Waals surface area contributed by atoms with E-state index in [4.69, 9.17) is 4.98 Å². The molecule has 110 valence electrons. The van der Waals surface area contributed by atoms with Crippen molar-refractivity contribution in [2.45, 2.75) is 45.1 Å². The first-order valence-corrected chi connectivity index (χ1v) is 8.46. The van der Waals surface area contributed by atoms with Crippen molar-refractivity contribution < 1.29 is 4.79 Å². The number of nitrogens with zero attached hydrogens (tertiary/aromatic N) is 2. The number of amides is 1. The highest BCUT2D eigenvalue weighted by molar-refractivity contribution is 7.11. The Morgan fingerprint density at radius 1 is 1.40 bits per heavy atom. The van der Waals surface area contributed by atoms with E-state index in [-0.39, 0.29) is 5.91 Å². The van der Waals surface area contributed by atoms with E-state index in [9.17, 15) is 4.79 Å². The van der Waals surface area contributed by atoms with Crippen molar-refractivity contribution in [3.63, 3.8) is 0 Å². The van der Waals surface area contributed by atoms with E-state index in [1.807, 2.05) is 7.05 Å². The van der Waals surface area contributed by atoms with Crippen molar-refractivity contribution in [2.75, 3.05) is 20.1 Å². The van der Waals surface area contributed by atoms with E-state index in [0.717, 1.165) is 23.9 Å². The van der Waals surface area contributed by atoms with Crippen LogP contribution in [0.5, 0.6) is 0 Å². The zero-order chi connectivity index (χ0) is 13.9. The fourth-order valence-corrected chi connectivity index (χ4v) is 3.81. The van der Waals surface area contributed by atoms with Crippen molar-refractivity contribution in [3.05, 3.63) is 15.6 Å². The van der Waals surface area contributed by atoms with Gasteiger partial charge in [0.25, 0.3) is 0 Å². The first kappa shape index (κ1) is 14.0. The standard InChI is InChI=1S/C15H23N3OS/c1-18(15(19)9-16-8-11-6-7-11)10-14-17-12-4-2-3-5-13(12)20-14/h11,16H,2-10H2,1H3. The Hall–Kier alpha value is -0.940. The smallest absolute Gasteiger partial charge is 0.236 e. The Labute approximate surface area is 124 Å². The molecule has 0 bridgehead atoms. The van der Waals surface area contributed by atoms with Crippen molar-refractivity contribution in [3.8, 4) is 0 Å². The Morgan fingerprint density at radius 2 is 2.20 bits per heavy atom. The van der Waals surface area contributed by atoms with Crippen LogP contribution in [-0.4, -0.2) is 35.9 Å². The molecule has 0 atom stereocenters. The minimum absolute atomic E-state index is 0.166. The molecule has 0 aromatic carbocycles. The van der Waals surface area contributed by atoms with Gasteiger partial charge in [0, 0.05) is 11.9 Å². The molecule has 0 spiro atoms. The summed E-state index contributed by atoms with van der Waals surface area (Å²) in [6, 6.07) is 0. The van der Waals surface area contributed by atoms with Gasteiger partial charge in [0.2, 0.25) is 5.91 Å². The number of hydrogen-bond donors (Lipinski definition) is 1. The third-order valence-electron chi connectivity index (χ3n) is 4.09. The fraction of sp³-hybridized carbons (Fsp3) is 0.733. The van der Waals surface area contributed by atoms with Gasteiger partial charge >= 0.3 is 0 Å². The maximum atomic E-state index is 12.0. The fourth-order valence-electron chi connectivity index (χ4n) is 2.60. The first-order valence-electron chi connectivity index (χ1n) is 7.64. The molecule has 0 unspecified atom stereocenters. The topological polar surface area (TPSA) is 45.2 Å². The lowest BCUT2D eigenvalue weighted by Crippen LogP contribution is -2.35. The third kappa shape index (κ3) is 3.58. The second-order valence-corrected chi connectivity index (χ2v) is 7.18. The molecule has 0 aliphatic heterocycles. The van der Waals surface area contributed by atoms with Crippen LogP contribution in [0.25, 0.3) is 0 Å². The zero-order valence-electron chi connectivity index (χ0n) is 12.2. The number of likely N-dealkylation sites (N-methyl/N-ethyl adjacent to an activating group) is 1. The number of hydrogen-bond acceptors (Lipinski definition) is 4. The number of aromatic nitrogens is 1. The van der Waals surface area contributed by atoms with Gasteiger partial charge in [0.15, 0.2) is 0 Å². The first-order chi connectivity index (χ1) is 9.72. The van der Waals surface area contributed by atoms with Gasteiger partial charge in [-0.25, -0.2) is 4.98 Å². The van der Waals surface area contributed by atoms with E-state index >= 15 is 0 Å². The minimum Gasteiger partial charge on any atom is -0.338 e. The number of thiazole rings is 1. The van der Waals surface area contributed by atoms with Crippen LogP contribution in [0.2, 0.25) is 0 Å². The summed E-state index contributed by atoms with van der Waals surface area (Å²) >= 11 is 1.79. The molecule has 1 aromatic heterocycles. The molecule has 1 N–H and O–H groups in total. The minimum atomic E-state index is 0.166. The predicted molar refractivity (Wildman–Crippen MR) is 80.8 cm³/mol. The molecule has 0 radical (unpaired) electrons. The molecule has 1 fully saturated rings. The highest BCUT2D eigenvalue weighted by atomic mass is 32.1. The Morgan fingerprint density at radius 3 is 2.95 bits per heavy atom. The highest BCUT2D eigenvalue weighted by Crippen LogP contribution is 2.28. The van der Waals surface area contributed by atoms with Crippen LogP contribution in [0.4, 0.5) is 0 Å². The number of rotatable bonds is 6. The van der Waals surface area contributed by atoms with Gasteiger partial charge in [-0.2, -0.15) is 0 Å². The van der Waals surface area contributed by atoms with Crippen LogP contribution >= 0.6 is 11.3 Å². The molecule has 20 heavy (non-hydrogen) atoms. The van der Waals surface area contributed by atoms with Crippen molar-refractivity contribution in [2.24, 2.45) is 5.92 Å². The van der Waals surface area contributed by atoms with Gasteiger partial charge in [-0.15, -0.1) is 11.3 Å². The molecule has 3 rings (SSSR count). The summed E-state index contributed by atoms with van der Waals surface area (Å²) in [5.41, 5.74) is 1.28. The van der Waals surface area contributed by atoms with Crippen LogP contribution in [0.15, 0.2) is 0 Å². The predicted octanol–water partition coefficient (Wildman–Crippen LogP) is 1.98. The monoisotopic (exact) mass is 293 g/mol. The van der Waals surface area contributed by atoms with Gasteiger partial charge in [0.1, 0.15) is 5.01 Å². The maximum absolute atomic E-state index is 12.0. The molecule has 2 aliphatic rings. The molecule has 5 heteroatoms. The average Bonchev–Trinajstić information content (AvgIpc) is 3.16.